The zero-order valence-electron chi connectivity index (χ0n) is 10.2. The Kier molecular flexibility index (Phi) is 4.20. The highest BCUT2D eigenvalue weighted by molar-refractivity contribution is 6.37. The molecule has 0 saturated carbocycles. The second kappa shape index (κ2) is 5.44. The number of halogens is 1. The average Bonchev–Trinajstić information content (AvgIpc) is 2.25. The maximum Gasteiger partial charge on any atom is 0.394 e. The van der Waals surface area contributed by atoms with Crippen molar-refractivity contribution in [2.75, 3.05) is 11.4 Å². The lowest BCUT2D eigenvalue weighted by atomic mass is 10.1. The maximum absolute atomic E-state index is 13.2. The average molecular weight is 251 g/mol. The normalized spacial score (nSPS) is 9.94. The number of nitrogens with zero attached hydrogens (tertiary/aromatic N) is 1. The van der Waals surface area contributed by atoms with Gasteiger partial charge in [0.25, 0.3) is 0 Å². The van der Waals surface area contributed by atoms with Gasteiger partial charge in [0, 0.05) is 6.54 Å². The van der Waals surface area contributed by atoms with E-state index in [-0.39, 0.29) is 6.54 Å². The summed E-state index contributed by atoms with van der Waals surface area (Å²) in [6.07, 6.45) is 1.42. The molecule has 0 aromatic heterocycles. The Labute approximate surface area is 104 Å². The largest absolute Gasteiger partial charge is 0.474 e. The van der Waals surface area contributed by atoms with Gasteiger partial charge in [0.05, 0.1) is 5.69 Å². The summed E-state index contributed by atoms with van der Waals surface area (Å²) in [6.45, 7) is 6.78. The van der Waals surface area contributed by atoms with Crippen LogP contribution in [0.2, 0.25) is 0 Å². The highest BCUT2D eigenvalue weighted by Gasteiger charge is 2.24. The molecule has 96 valence electrons. The maximum atomic E-state index is 13.2. The van der Waals surface area contributed by atoms with E-state index >= 15 is 0 Å². The third-order valence-electron chi connectivity index (χ3n) is 2.47. The van der Waals surface area contributed by atoms with E-state index in [1.165, 1.54) is 18.2 Å². The van der Waals surface area contributed by atoms with Gasteiger partial charge in [-0.15, -0.1) is 6.58 Å². The molecule has 18 heavy (non-hydrogen) atoms. The molecule has 0 bridgehead atoms. The molecule has 1 amide bonds. The Morgan fingerprint density at radius 1 is 1.39 bits per heavy atom. The first-order valence-electron chi connectivity index (χ1n) is 5.31. The van der Waals surface area contributed by atoms with Crippen LogP contribution in [0.25, 0.3) is 0 Å². The third kappa shape index (κ3) is 2.74. The third-order valence-corrected chi connectivity index (χ3v) is 2.47. The molecule has 4 nitrogen and oxygen atoms in total. The van der Waals surface area contributed by atoms with Crippen LogP contribution in [0.1, 0.15) is 11.1 Å². The number of carbonyl (C=O) groups excluding carboxylic acids is 1. The highest BCUT2D eigenvalue weighted by Crippen LogP contribution is 2.26. The first kappa shape index (κ1) is 13.9. The Balaban J connectivity index is 3.34. The quantitative estimate of drug-likeness (QED) is 0.660. The van der Waals surface area contributed by atoms with E-state index in [1.54, 1.807) is 13.8 Å². The van der Waals surface area contributed by atoms with Crippen LogP contribution >= 0.6 is 0 Å². The van der Waals surface area contributed by atoms with Crippen molar-refractivity contribution in [2.24, 2.45) is 0 Å². The lowest BCUT2D eigenvalue weighted by molar-refractivity contribution is -0.148. The van der Waals surface area contributed by atoms with Crippen LogP contribution in [0.15, 0.2) is 24.8 Å². The summed E-state index contributed by atoms with van der Waals surface area (Å²) >= 11 is 0. The van der Waals surface area contributed by atoms with E-state index in [4.69, 9.17) is 5.11 Å². The Hall–Kier alpha value is -2.17. The van der Waals surface area contributed by atoms with Gasteiger partial charge in [0.2, 0.25) is 0 Å². The molecule has 0 aliphatic carbocycles. The molecule has 0 aliphatic heterocycles. The molecule has 0 saturated heterocycles. The molecule has 1 aromatic rings. The molecule has 1 N–H and O–H groups in total. The summed E-state index contributed by atoms with van der Waals surface area (Å²) in [4.78, 5) is 23.5. The summed E-state index contributed by atoms with van der Waals surface area (Å²) in [5.41, 5.74) is 1.41. The zero-order valence-corrected chi connectivity index (χ0v) is 10.2. The van der Waals surface area contributed by atoms with Crippen molar-refractivity contribution in [3.63, 3.8) is 0 Å². The number of aliphatic carboxylic acids is 1. The summed E-state index contributed by atoms with van der Waals surface area (Å²) < 4.78 is 13.2. The van der Waals surface area contributed by atoms with Gasteiger partial charge in [-0.3, -0.25) is 9.69 Å². The van der Waals surface area contributed by atoms with Crippen LogP contribution in [0.5, 0.6) is 0 Å². The van der Waals surface area contributed by atoms with Crippen molar-refractivity contribution in [2.45, 2.75) is 13.8 Å². The Morgan fingerprint density at radius 3 is 2.28 bits per heavy atom. The summed E-state index contributed by atoms with van der Waals surface area (Å²) in [5.74, 6) is -3.04. The number of carbonyl (C=O) groups is 2. The first-order valence-corrected chi connectivity index (χ1v) is 5.31. The van der Waals surface area contributed by atoms with Gasteiger partial charge in [-0.2, -0.15) is 0 Å². The molecule has 0 spiro atoms. The number of benzene rings is 1. The van der Waals surface area contributed by atoms with Crippen LogP contribution in [0, 0.1) is 19.7 Å². The van der Waals surface area contributed by atoms with Crippen LogP contribution in [-0.2, 0) is 9.59 Å². The van der Waals surface area contributed by atoms with E-state index in [0.29, 0.717) is 16.8 Å². The number of hydrogen-bond acceptors (Lipinski definition) is 2. The van der Waals surface area contributed by atoms with Crippen molar-refractivity contribution < 1.29 is 19.1 Å². The number of anilines is 1. The molecule has 0 radical (unpaired) electrons. The minimum absolute atomic E-state index is 0.0540. The number of carboxylic acid groups (broad SMARTS) is 1. The second-order valence-corrected chi connectivity index (χ2v) is 3.90. The molecule has 1 aromatic carbocycles. The van der Waals surface area contributed by atoms with Gasteiger partial charge in [-0.25, -0.2) is 9.18 Å². The minimum Gasteiger partial charge on any atom is -0.474 e. The minimum atomic E-state index is -1.56. The first-order chi connectivity index (χ1) is 8.38. The van der Waals surface area contributed by atoms with Gasteiger partial charge >= 0.3 is 11.9 Å². The van der Waals surface area contributed by atoms with E-state index in [9.17, 15) is 14.0 Å². The van der Waals surface area contributed by atoms with Crippen molar-refractivity contribution in [1.82, 2.24) is 0 Å². The molecule has 0 aliphatic rings. The fourth-order valence-corrected chi connectivity index (χ4v) is 1.85. The van der Waals surface area contributed by atoms with E-state index < -0.39 is 17.7 Å². The van der Waals surface area contributed by atoms with Gasteiger partial charge in [0.15, 0.2) is 0 Å². The van der Waals surface area contributed by atoms with Crippen LogP contribution < -0.4 is 4.90 Å². The molecule has 5 heteroatoms. The standard InChI is InChI=1S/C13H14FNO3/c1-4-5-15(12(16)13(17)18)11-8(2)6-10(14)7-9(11)3/h4,6-7H,1,5H2,2-3H3,(H,17,18). The van der Waals surface area contributed by atoms with E-state index in [1.807, 2.05) is 0 Å². The number of hydrogen-bond donors (Lipinski definition) is 1. The monoisotopic (exact) mass is 251 g/mol. The Bertz CT molecular complexity index is 488. The zero-order chi connectivity index (χ0) is 13.9. The fourth-order valence-electron chi connectivity index (χ4n) is 1.85. The van der Waals surface area contributed by atoms with Crippen molar-refractivity contribution in [3.05, 3.63) is 41.7 Å². The molecular formula is C13H14FNO3. The predicted molar refractivity (Wildman–Crippen MR) is 66.1 cm³/mol. The summed E-state index contributed by atoms with van der Waals surface area (Å²) in [5, 5.41) is 8.78. The topological polar surface area (TPSA) is 57.6 Å². The van der Waals surface area contributed by atoms with Crippen LogP contribution in [-0.4, -0.2) is 23.5 Å². The van der Waals surface area contributed by atoms with E-state index in [0.717, 1.165) is 4.90 Å². The molecule has 0 unspecified atom stereocenters. The SMILES string of the molecule is C=CCN(C(=O)C(=O)O)c1c(C)cc(F)cc1C. The Morgan fingerprint density at radius 2 is 1.89 bits per heavy atom. The molecule has 0 heterocycles. The molecule has 0 atom stereocenters. The van der Waals surface area contributed by atoms with Gasteiger partial charge in [0.1, 0.15) is 5.82 Å². The number of amides is 1. The van der Waals surface area contributed by atoms with Gasteiger partial charge in [-0.1, -0.05) is 6.08 Å². The van der Waals surface area contributed by atoms with Crippen molar-refractivity contribution in [3.8, 4) is 0 Å². The fraction of sp³-hybridized carbons (Fsp3) is 0.231. The van der Waals surface area contributed by atoms with Crippen molar-refractivity contribution in [1.29, 1.82) is 0 Å². The molecule has 0 fully saturated rings. The lowest BCUT2D eigenvalue weighted by Gasteiger charge is -2.23. The smallest absolute Gasteiger partial charge is 0.394 e. The lowest BCUT2D eigenvalue weighted by Crippen LogP contribution is -2.37. The second-order valence-electron chi connectivity index (χ2n) is 3.90. The highest BCUT2D eigenvalue weighted by atomic mass is 19.1. The molecular weight excluding hydrogens is 237 g/mol. The van der Waals surface area contributed by atoms with Gasteiger partial charge in [-0.05, 0) is 37.1 Å². The van der Waals surface area contributed by atoms with Crippen molar-refractivity contribution >= 4 is 17.6 Å². The summed E-state index contributed by atoms with van der Waals surface area (Å²) in [6, 6.07) is 2.51. The number of rotatable bonds is 3. The molecule has 1 rings (SSSR count). The number of aryl methyl sites for hydroxylation is 2. The van der Waals surface area contributed by atoms with Gasteiger partial charge < -0.3 is 5.11 Å². The number of carboxylic acids is 1. The van der Waals surface area contributed by atoms with Crippen LogP contribution in [0.3, 0.4) is 0 Å². The summed E-state index contributed by atoms with van der Waals surface area (Å²) in [7, 11) is 0. The predicted octanol–water partition coefficient (Wildman–Crippen LogP) is 2.05. The van der Waals surface area contributed by atoms with Crippen LogP contribution in [0.4, 0.5) is 10.1 Å². The van der Waals surface area contributed by atoms with E-state index in [2.05, 4.69) is 6.58 Å².